The number of rotatable bonds is 7. The lowest BCUT2D eigenvalue weighted by molar-refractivity contribution is -0.0734. The molecule has 124 valence electrons. The van der Waals surface area contributed by atoms with Gasteiger partial charge in [-0.05, 0) is 54.4 Å². The summed E-state index contributed by atoms with van der Waals surface area (Å²) in [4.78, 5) is 2.40. The van der Waals surface area contributed by atoms with E-state index in [4.69, 9.17) is 14.2 Å². The summed E-state index contributed by atoms with van der Waals surface area (Å²) in [6.45, 7) is 11.1. The summed E-state index contributed by atoms with van der Waals surface area (Å²) in [7, 11) is 0. The monoisotopic (exact) mass is 371 g/mol. The molecule has 0 bridgehead atoms. The summed E-state index contributed by atoms with van der Waals surface area (Å²) in [6, 6.07) is 6.08. The third-order valence-electron chi connectivity index (χ3n) is 3.62. The van der Waals surface area contributed by atoms with Crippen LogP contribution in [0.2, 0.25) is 0 Å². The van der Waals surface area contributed by atoms with Gasteiger partial charge in [0.05, 0.1) is 29.9 Å². The fourth-order valence-corrected chi connectivity index (χ4v) is 3.30. The van der Waals surface area contributed by atoms with Crippen molar-refractivity contribution in [3.63, 3.8) is 0 Å². The predicted octanol–water partition coefficient (Wildman–Crippen LogP) is 3.26. The average molecular weight is 372 g/mol. The first kappa shape index (κ1) is 17.7. The number of hydrogen-bond donors (Lipinski definition) is 0. The number of morpholine rings is 1. The molecule has 1 heterocycles. The molecule has 1 aromatic rings. The summed E-state index contributed by atoms with van der Waals surface area (Å²) >= 11 is 3.51. The number of aryl methyl sites for hydroxylation is 1. The van der Waals surface area contributed by atoms with E-state index in [1.807, 2.05) is 12.1 Å². The SMILES string of the molecule is Cc1ccc(OCCOCCN2CC(C)OC(C)C2)c(Br)c1. The summed E-state index contributed by atoms with van der Waals surface area (Å²) in [6.07, 6.45) is 0.622. The van der Waals surface area contributed by atoms with Gasteiger partial charge in [0, 0.05) is 19.6 Å². The lowest BCUT2D eigenvalue weighted by Gasteiger charge is -2.35. The quantitative estimate of drug-likeness (QED) is 0.688. The molecule has 1 saturated heterocycles. The van der Waals surface area contributed by atoms with Gasteiger partial charge in [-0.3, -0.25) is 4.90 Å². The Morgan fingerprint density at radius 3 is 2.59 bits per heavy atom. The first-order valence-corrected chi connectivity index (χ1v) is 8.68. The van der Waals surface area contributed by atoms with E-state index < -0.39 is 0 Å². The number of benzene rings is 1. The molecule has 4 nitrogen and oxygen atoms in total. The standard InChI is InChI=1S/C17H26BrNO3/c1-13-4-5-17(16(18)10-13)21-9-8-20-7-6-19-11-14(2)22-15(3)12-19/h4-5,10,14-15H,6-9,11-12H2,1-3H3. The van der Waals surface area contributed by atoms with Crippen LogP contribution in [-0.4, -0.2) is 56.6 Å². The van der Waals surface area contributed by atoms with E-state index in [0.717, 1.165) is 36.5 Å². The highest BCUT2D eigenvalue weighted by molar-refractivity contribution is 9.10. The average Bonchev–Trinajstić information content (AvgIpc) is 2.43. The van der Waals surface area contributed by atoms with Crippen molar-refractivity contribution in [2.75, 3.05) is 39.5 Å². The number of hydrogen-bond acceptors (Lipinski definition) is 4. The van der Waals surface area contributed by atoms with Gasteiger partial charge in [0.15, 0.2) is 0 Å². The maximum atomic E-state index is 5.72. The Balaban J connectivity index is 1.57. The highest BCUT2D eigenvalue weighted by Gasteiger charge is 2.21. The molecule has 1 aromatic carbocycles. The molecule has 1 aliphatic heterocycles. The third-order valence-corrected chi connectivity index (χ3v) is 4.24. The lowest BCUT2D eigenvalue weighted by Crippen LogP contribution is -2.46. The summed E-state index contributed by atoms with van der Waals surface area (Å²) < 4.78 is 18.1. The van der Waals surface area contributed by atoms with E-state index in [2.05, 4.69) is 47.7 Å². The molecule has 0 radical (unpaired) electrons. The topological polar surface area (TPSA) is 30.9 Å². The van der Waals surface area contributed by atoms with Crippen LogP contribution in [0.1, 0.15) is 19.4 Å². The predicted molar refractivity (Wildman–Crippen MR) is 91.6 cm³/mol. The Bertz CT molecular complexity index is 459. The molecule has 0 aliphatic carbocycles. The Labute approximate surface area is 141 Å². The van der Waals surface area contributed by atoms with Gasteiger partial charge in [-0.2, -0.15) is 0 Å². The highest BCUT2D eigenvalue weighted by atomic mass is 79.9. The van der Waals surface area contributed by atoms with Gasteiger partial charge in [-0.25, -0.2) is 0 Å². The second-order valence-electron chi connectivity index (χ2n) is 5.91. The van der Waals surface area contributed by atoms with Crippen LogP contribution in [0.3, 0.4) is 0 Å². The van der Waals surface area contributed by atoms with Crippen molar-refractivity contribution < 1.29 is 14.2 Å². The van der Waals surface area contributed by atoms with Crippen LogP contribution in [0.25, 0.3) is 0 Å². The van der Waals surface area contributed by atoms with Gasteiger partial charge >= 0.3 is 0 Å². The summed E-state index contributed by atoms with van der Waals surface area (Å²) in [5, 5.41) is 0. The van der Waals surface area contributed by atoms with E-state index in [1.165, 1.54) is 5.56 Å². The second kappa shape index (κ2) is 8.87. The lowest BCUT2D eigenvalue weighted by atomic mass is 10.2. The van der Waals surface area contributed by atoms with E-state index in [1.54, 1.807) is 0 Å². The smallest absolute Gasteiger partial charge is 0.133 e. The Kier molecular flexibility index (Phi) is 7.15. The molecule has 2 atom stereocenters. The van der Waals surface area contributed by atoms with Crippen LogP contribution in [0.4, 0.5) is 0 Å². The molecule has 22 heavy (non-hydrogen) atoms. The maximum Gasteiger partial charge on any atom is 0.133 e. The van der Waals surface area contributed by atoms with Gasteiger partial charge in [0.2, 0.25) is 0 Å². The van der Waals surface area contributed by atoms with Gasteiger partial charge in [-0.15, -0.1) is 0 Å². The van der Waals surface area contributed by atoms with Crippen LogP contribution in [-0.2, 0) is 9.47 Å². The zero-order chi connectivity index (χ0) is 15.9. The van der Waals surface area contributed by atoms with Crippen LogP contribution in [0.15, 0.2) is 22.7 Å². The molecule has 2 unspecified atom stereocenters. The Morgan fingerprint density at radius 2 is 1.91 bits per heavy atom. The third kappa shape index (κ3) is 5.88. The molecule has 0 saturated carbocycles. The number of ether oxygens (including phenoxy) is 3. The van der Waals surface area contributed by atoms with Crippen molar-refractivity contribution in [2.45, 2.75) is 33.0 Å². The number of nitrogens with zero attached hydrogens (tertiary/aromatic N) is 1. The number of halogens is 1. The van der Waals surface area contributed by atoms with Crippen molar-refractivity contribution in [1.29, 1.82) is 0 Å². The molecule has 2 rings (SSSR count). The van der Waals surface area contributed by atoms with E-state index in [-0.39, 0.29) is 0 Å². The van der Waals surface area contributed by atoms with Crippen molar-refractivity contribution >= 4 is 15.9 Å². The van der Waals surface area contributed by atoms with Crippen LogP contribution < -0.4 is 4.74 Å². The molecule has 0 spiro atoms. The van der Waals surface area contributed by atoms with Crippen molar-refractivity contribution in [3.05, 3.63) is 28.2 Å². The molecule has 1 fully saturated rings. The van der Waals surface area contributed by atoms with Gasteiger partial charge in [0.1, 0.15) is 12.4 Å². The zero-order valence-corrected chi connectivity index (χ0v) is 15.3. The minimum atomic E-state index is 0.311. The molecule has 0 amide bonds. The van der Waals surface area contributed by atoms with E-state index >= 15 is 0 Å². The Hall–Kier alpha value is -0.620. The normalized spacial score (nSPS) is 22.7. The molecule has 0 aromatic heterocycles. The minimum Gasteiger partial charge on any atom is -0.490 e. The van der Waals surface area contributed by atoms with Gasteiger partial charge in [-0.1, -0.05) is 6.07 Å². The molecule has 0 N–H and O–H groups in total. The van der Waals surface area contributed by atoms with Gasteiger partial charge < -0.3 is 14.2 Å². The molecule has 1 aliphatic rings. The summed E-state index contributed by atoms with van der Waals surface area (Å²) in [5.41, 5.74) is 1.21. The maximum absolute atomic E-state index is 5.72. The molecular formula is C17H26BrNO3. The van der Waals surface area contributed by atoms with Crippen molar-refractivity contribution in [2.24, 2.45) is 0 Å². The van der Waals surface area contributed by atoms with E-state index in [0.29, 0.717) is 25.4 Å². The first-order valence-electron chi connectivity index (χ1n) is 7.89. The summed E-state index contributed by atoms with van der Waals surface area (Å²) in [5.74, 6) is 0.866. The van der Waals surface area contributed by atoms with E-state index in [9.17, 15) is 0 Å². The highest BCUT2D eigenvalue weighted by Crippen LogP contribution is 2.25. The molecule has 5 heteroatoms. The second-order valence-corrected chi connectivity index (χ2v) is 6.77. The van der Waals surface area contributed by atoms with Gasteiger partial charge in [0.25, 0.3) is 0 Å². The zero-order valence-electron chi connectivity index (χ0n) is 13.7. The first-order chi connectivity index (χ1) is 10.5. The van der Waals surface area contributed by atoms with Crippen LogP contribution >= 0.6 is 15.9 Å². The van der Waals surface area contributed by atoms with Crippen LogP contribution in [0, 0.1) is 6.92 Å². The fraction of sp³-hybridized carbons (Fsp3) is 0.647. The fourth-order valence-electron chi connectivity index (χ4n) is 2.70. The van der Waals surface area contributed by atoms with Crippen molar-refractivity contribution in [1.82, 2.24) is 4.90 Å². The largest absolute Gasteiger partial charge is 0.490 e. The van der Waals surface area contributed by atoms with Crippen molar-refractivity contribution in [3.8, 4) is 5.75 Å². The van der Waals surface area contributed by atoms with Crippen LogP contribution in [0.5, 0.6) is 5.75 Å². The molecular weight excluding hydrogens is 346 g/mol. The minimum absolute atomic E-state index is 0.311. The Morgan fingerprint density at radius 1 is 1.18 bits per heavy atom.